The Hall–Kier alpha value is -1.92. The number of nitrogens with one attached hydrogen (secondary N) is 1. The van der Waals surface area contributed by atoms with Gasteiger partial charge in [0, 0.05) is 16.6 Å². The first-order valence-electron chi connectivity index (χ1n) is 5.94. The summed E-state index contributed by atoms with van der Waals surface area (Å²) in [6, 6.07) is 5.48. The number of fused-ring (bicyclic) bond motifs is 1. The average molecular weight is 309 g/mol. The Kier molecular flexibility index (Phi) is 3.66. The molecular weight excluding hydrogens is 299 g/mol. The van der Waals surface area contributed by atoms with Crippen molar-refractivity contribution in [2.75, 3.05) is 11.9 Å². The molecule has 0 unspecified atom stereocenters. The molecule has 0 aliphatic heterocycles. The lowest BCUT2D eigenvalue weighted by atomic mass is 10.1. The fraction of sp³-hybridized carbons (Fsp3) is 0.167. The first-order valence-corrected chi connectivity index (χ1v) is 6.69. The summed E-state index contributed by atoms with van der Waals surface area (Å²) < 4.78 is 1.59. The van der Waals surface area contributed by atoms with Gasteiger partial charge in [-0.25, -0.2) is 0 Å². The van der Waals surface area contributed by atoms with Gasteiger partial charge in [0.2, 0.25) is 0 Å². The summed E-state index contributed by atoms with van der Waals surface area (Å²) in [4.78, 5) is 4.07. The lowest BCUT2D eigenvalue weighted by Gasteiger charge is -2.08. The number of hydrogen-bond acceptors (Lipinski definition) is 5. The number of tetrazole rings is 1. The zero-order valence-corrected chi connectivity index (χ0v) is 11.8. The Morgan fingerprint density at radius 3 is 2.95 bits per heavy atom. The highest BCUT2D eigenvalue weighted by atomic mass is 35.5. The molecule has 0 atom stereocenters. The van der Waals surface area contributed by atoms with Gasteiger partial charge in [-0.15, -0.1) is 5.10 Å². The molecule has 20 heavy (non-hydrogen) atoms. The van der Waals surface area contributed by atoms with Gasteiger partial charge in [-0.1, -0.05) is 29.3 Å². The molecule has 1 N–H and O–H groups in total. The van der Waals surface area contributed by atoms with Gasteiger partial charge in [-0.2, -0.15) is 4.52 Å². The van der Waals surface area contributed by atoms with Gasteiger partial charge in [0.15, 0.2) is 5.65 Å². The molecule has 0 bridgehead atoms. The van der Waals surface area contributed by atoms with Gasteiger partial charge in [0.05, 0.1) is 12.4 Å². The molecule has 2 aromatic heterocycles. The van der Waals surface area contributed by atoms with Gasteiger partial charge < -0.3 is 5.32 Å². The predicted molar refractivity (Wildman–Crippen MR) is 77.2 cm³/mol. The fourth-order valence-electron chi connectivity index (χ4n) is 1.85. The predicted octanol–water partition coefficient (Wildman–Crippen LogP) is 2.48. The zero-order chi connectivity index (χ0) is 13.9. The van der Waals surface area contributed by atoms with Crippen molar-refractivity contribution in [3.63, 3.8) is 0 Å². The van der Waals surface area contributed by atoms with E-state index >= 15 is 0 Å². The highest BCUT2D eigenvalue weighted by Gasteiger charge is 2.04. The molecule has 0 saturated heterocycles. The lowest BCUT2D eigenvalue weighted by molar-refractivity contribution is 0.818. The van der Waals surface area contributed by atoms with Crippen LogP contribution in [0.1, 0.15) is 5.56 Å². The Bertz CT molecular complexity index is 742. The average Bonchev–Trinajstić information content (AvgIpc) is 2.90. The number of rotatable bonds is 4. The third-order valence-electron chi connectivity index (χ3n) is 2.82. The van der Waals surface area contributed by atoms with Crippen molar-refractivity contribution >= 4 is 34.7 Å². The molecule has 8 heteroatoms. The molecule has 2 heterocycles. The highest BCUT2D eigenvalue weighted by Crippen LogP contribution is 2.21. The van der Waals surface area contributed by atoms with Crippen LogP contribution >= 0.6 is 23.2 Å². The number of anilines is 1. The van der Waals surface area contributed by atoms with Crippen LogP contribution in [0.3, 0.4) is 0 Å². The van der Waals surface area contributed by atoms with Crippen LogP contribution < -0.4 is 5.32 Å². The van der Waals surface area contributed by atoms with Crippen molar-refractivity contribution in [1.82, 2.24) is 25.0 Å². The highest BCUT2D eigenvalue weighted by molar-refractivity contribution is 6.35. The van der Waals surface area contributed by atoms with Crippen molar-refractivity contribution in [3.8, 4) is 0 Å². The summed E-state index contributed by atoms with van der Waals surface area (Å²) in [6.07, 6.45) is 4.03. The number of hydrogen-bond donors (Lipinski definition) is 1. The Morgan fingerprint density at radius 1 is 1.20 bits per heavy atom. The maximum Gasteiger partial charge on any atom is 0.199 e. The van der Waals surface area contributed by atoms with Crippen molar-refractivity contribution < 1.29 is 0 Å². The van der Waals surface area contributed by atoms with E-state index < -0.39 is 0 Å². The Morgan fingerprint density at radius 2 is 2.10 bits per heavy atom. The zero-order valence-electron chi connectivity index (χ0n) is 10.3. The molecule has 0 spiro atoms. The second-order valence-corrected chi connectivity index (χ2v) is 5.00. The van der Waals surface area contributed by atoms with Crippen LogP contribution in [0.4, 0.5) is 5.82 Å². The van der Waals surface area contributed by atoms with Crippen molar-refractivity contribution in [2.45, 2.75) is 6.42 Å². The van der Waals surface area contributed by atoms with Crippen LogP contribution in [-0.2, 0) is 6.42 Å². The van der Waals surface area contributed by atoms with Crippen molar-refractivity contribution in [3.05, 3.63) is 46.2 Å². The monoisotopic (exact) mass is 308 g/mol. The smallest absolute Gasteiger partial charge is 0.199 e. The van der Waals surface area contributed by atoms with E-state index in [2.05, 4.69) is 25.8 Å². The van der Waals surface area contributed by atoms with Crippen LogP contribution in [0.2, 0.25) is 10.0 Å². The fourth-order valence-corrected chi connectivity index (χ4v) is 2.35. The second-order valence-electron chi connectivity index (χ2n) is 4.15. The molecule has 3 aromatic rings. The SMILES string of the molecule is Clc1ccc(CCNc2cncc3nnnn23)c(Cl)c1. The molecule has 6 nitrogen and oxygen atoms in total. The van der Waals surface area contributed by atoms with E-state index in [1.54, 1.807) is 23.0 Å². The molecule has 0 amide bonds. The van der Waals surface area contributed by atoms with E-state index in [1.165, 1.54) is 0 Å². The topological polar surface area (TPSA) is 68.0 Å². The molecule has 102 valence electrons. The van der Waals surface area contributed by atoms with Gasteiger partial charge in [-0.05, 0) is 34.5 Å². The molecule has 0 aliphatic rings. The van der Waals surface area contributed by atoms with Gasteiger partial charge in [0.1, 0.15) is 5.82 Å². The first kappa shape index (κ1) is 13.1. The minimum Gasteiger partial charge on any atom is -0.368 e. The second kappa shape index (κ2) is 5.60. The van der Waals surface area contributed by atoms with E-state index in [9.17, 15) is 0 Å². The standard InChI is InChI=1S/C12H10Cl2N6/c13-9-2-1-8(10(14)5-9)3-4-16-11-6-15-7-12-17-18-19-20(11)12/h1-2,5-7,16H,3-4H2. The van der Waals surface area contributed by atoms with Crippen LogP contribution in [0.15, 0.2) is 30.6 Å². The van der Waals surface area contributed by atoms with Crippen LogP contribution in [0.5, 0.6) is 0 Å². The quantitative estimate of drug-likeness (QED) is 0.802. The van der Waals surface area contributed by atoms with Gasteiger partial charge >= 0.3 is 0 Å². The van der Waals surface area contributed by atoms with Crippen LogP contribution in [0.25, 0.3) is 5.65 Å². The summed E-state index contributed by atoms with van der Waals surface area (Å²) >= 11 is 12.0. The van der Waals surface area contributed by atoms with E-state index in [4.69, 9.17) is 23.2 Å². The van der Waals surface area contributed by atoms with E-state index in [1.807, 2.05) is 12.1 Å². The normalized spacial score (nSPS) is 10.9. The number of halogens is 2. The molecule has 0 fully saturated rings. The van der Waals surface area contributed by atoms with E-state index in [0.29, 0.717) is 22.2 Å². The minimum atomic E-state index is 0.597. The third kappa shape index (κ3) is 2.66. The van der Waals surface area contributed by atoms with Crippen LogP contribution in [0, 0.1) is 0 Å². The third-order valence-corrected chi connectivity index (χ3v) is 3.41. The Balaban J connectivity index is 1.69. The molecule has 0 aliphatic carbocycles. The number of benzene rings is 1. The van der Waals surface area contributed by atoms with Gasteiger partial charge in [-0.3, -0.25) is 4.98 Å². The summed E-state index contributed by atoms with van der Waals surface area (Å²) in [5, 5.41) is 15.8. The Labute approximate surface area is 124 Å². The van der Waals surface area contributed by atoms with E-state index in [-0.39, 0.29) is 0 Å². The van der Waals surface area contributed by atoms with Gasteiger partial charge in [0.25, 0.3) is 0 Å². The minimum absolute atomic E-state index is 0.597. The largest absolute Gasteiger partial charge is 0.368 e. The molecule has 3 rings (SSSR count). The molecular formula is C12H10Cl2N6. The molecule has 1 aromatic carbocycles. The van der Waals surface area contributed by atoms with E-state index in [0.717, 1.165) is 17.8 Å². The number of aromatic nitrogens is 5. The number of nitrogens with zero attached hydrogens (tertiary/aromatic N) is 5. The maximum absolute atomic E-state index is 6.13. The van der Waals surface area contributed by atoms with Crippen LogP contribution in [-0.4, -0.2) is 31.6 Å². The summed E-state index contributed by atoms with van der Waals surface area (Å²) in [7, 11) is 0. The maximum atomic E-state index is 6.13. The first-order chi connectivity index (χ1) is 9.74. The molecule has 0 radical (unpaired) electrons. The van der Waals surface area contributed by atoms with Crippen molar-refractivity contribution in [2.24, 2.45) is 0 Å². The van der Waals surface area contributed by atoms with Crippen molar-refractivity contribution in [1.29, 1.82) is 0 Å². The summed E-state index contributed by atoms with van der Waals surface area (Å²) in [5.41, 5.74) is 1.62. The molecule has 0 saturated carbocycles. The summed E-state index contributed by atoms with van der Waals surface area (Å²) in [6.45, 7) is 0.683. The lowest BCUT2D eigenvalue weighted by Crippen LogP contribution is -2.09. The summed E-state index contributed by atoms with van der Waals surface area (Å²) in [5.74, 6) is 0.734.